The third-order valence-corrected chi connectivity index (χ3v) is 2.98. The molecule has 0 radical (unpaired) electrons. The largest absolute Gasteiger partial charge is 0.359 e. The molecule has 1 fully saturated rings. The SMILES string of the molecule is CC(C)C(=O)C(/C=N/C(=O)N1CCOC1)C(C)C. The van der Waals surface area contributed by atoms with Crippen molar-refractivity contribution in [2.24, 2.45) is 22.7 Å². The van der Waals surface area contributed by atoms with E-state index in [0.717, 1.165) is 0 Å². The summed E-state index contributed by atoms with van der Waals surface area (Å²) in [5.41, 5.74) is 0. The minimum Gasteiger partial charge on any atom is -0.359 e. The van der Waals surface area contributed by atoms with Crippen LogP contribution in [0.15, 0.2) is 4.99 Å². The number of urea groups is 1. The lowest BCUT2D eigenvalue weighted by atomic mass is 9.87. The Kier molecular flexibility index (Phi) is 5.47. The van der Waals surface area contributed by atoms with Gasteiger partial charge in [-0.15, -0.1) is 0 Å². The highest BCUT2D eigenvalue weighted by Crippen LogP contribution is 2.15. The van der Waals surface area contributed by atoms with Gasteiger partial charge in [0.25, 0.3) is 0 Å². The van der Waals surface area contributed by atoms with Crippen LogP contribution in [0.4, 0.5) is 4.79 Å². The molecule has 5 nitrogen and oxygen atoms in total. The van der Waals surface area contributed by atoms with Gasteiger partial charge in [-0.3, -0.25) is 9.69 Å². The molecule has 0 spiro atoms. The van der Waals surface area contributed by atoms with Crippen LogP contribution >= 0.6 is 0 Å². The first-order chi connectivity index (χ1) is 8.43. The highest BCUT2D eigenvalue weighted by Gasteiger charge is 2.24. The Morgan fingerprint density at radius 2 is 1.94 bits per heavy atom. The van der Waals surface area contributed by atoms with Crippen molar-refractivity contribution in [3.05, 3.63) is 0 Å². The predicted molar refractivity (Wildman–Crippen MR) is 69.6 cm³/mol. The summed E-state index contributed by atoms with van der Waals surface area (Å²) in [7, 11) is 0. The molecule has 18 heavy (non-hydrogen) atoms. The van der Waals surface area contributed by atoms with Crippen LogP contribution in [0.25, 0.3) is 0 Å². The van der Waals surface area contributed by atoms with E-state index in [-0.39, 0.29) is 29.6 Å². The fourth-order valence-electron chi connectivity index (χ4n) is 1.75. The molecule has 102 valence electrons. The number of ether oxygens (including phenoxy) is 1. The summed E-state index contributed by atoms with van der Waals surface area (Å²) in [6.45, 7) is 9.06. The monoisotopic (exact) mass is 254 g/mol. The molecular formula is C13H22N2O3. The highest BCUT2D eigenvalue weighted by atomic mass is 16.5. The maximum atomic E-state index is 12.0. The summed E-state index contributed by atoms with van der Waals surface area (Å²) >= 11 is 0. The van der Waals surface area contributed by atoms with Gasteiger partial charge in [0, 0.05) is 18.7 Å². The third-order valence-electron chi connectivity index (χ3n) is 2.98. The number of carbonyl (C=O) groups excluding carboxylic acids is 2. The first kappa shape index (κ1) is 14.8. The van der Waals surface area contributed by atoms with E-state index in [2.05, 4.69) is 4.99 Å². The van der Waals surface area contributed by atoms with Gasteiger partial charge in [0.15, 0.2) is 0 Å². The fourth-order valence-corrected chi connectivity index (χ4v) is 1.75. The van der Waals surface area contributed by atoms with Gasteiger partial charge < -0.3 is 4.74 Å². The van der Waals surface area contributed by atoms with E-state index in [1.807, 2.05) is 27.7 Å². The molecule has 0 aliphatic carbocycles. The molecule has 2 amide bonds. The molecule has 1 aliphatic heterocycles. The van der Waals surface area contributed by atoms with Crippen LogP contribution in [-0.4, -0.2) is 42.8 Å². The molecular weight excluding hydrogens is 232 g/mol. The topological polar surface area (TPSA) is 59.0 Å². The Bertz CT molecular complexity index is 331. The van der Waals surface area contributed by atoms with Crippen molar-refractivity contribution in [1.29, 1.82) is 0 Å². The Morgan fingerprint density at radius 1 is 1.28 bits per heavy atom. The van der Waals surface area contributed by atoms with Gasteiger partial charge >= 0.3 is 6.03 Å². The molecule has 5 heteroatoms. The quantitative estimate of drug-likeness (QED) is 0.721. The molecule has 1 heterocycles. The maximum Gasteiger partial charge on any atom is 0.345 e. The number of hydrogen-bond donors (Lipinski definition) is 0. The summed E-state index contributed by atoms with van der Waals surface area (Å²) in [5, 5.41) is 0. The first-order valence-corrected chi connectivity index (χ1v) is 6.38. The lowest BCUT2D eigenvalue weighted by Crippen LogP contribution is -2.29. The van der Waals surface area contributed by atoms with Gasteiger partial charge in [0.2, 0.25) is 0 Å². The van der Waals surface area contributed by atoms with Crippen molar-refractivity contribution in [3.8, 4) is 0 Å². The Labute approximate surface area is 108 Å². The molecule has 1 rings (SSSR count). The highest BCUT2D eigenvalue weighted by molar-refractivity contribution is 5.99. The van der Waals surface area contributed by atoms with Crippen molar-refractivity contribution in [3.63, 3.8) is 0 Å². The number of rotatable bonds is 4. The molecule has 0 aromatic heterocycles. The average Bonchev–Trinajstić information content (AvgIpc) is 2.81. The smallest absolute Gasteiger partial charge is 0.345 e. The molecule has 1 atom stereocenters. The van der Waals surface area contributed by atoms with Crippen LogP contribution in [0.3, 0.4) is 0 Å². The van der Waals surface area contributed by atoms with Crippen LogP contribution in [0, 0.1) is 17.8 Å². The molecule has 0 saturated carbocycles. The lowest BCUT2D eigenvalue weighted by Gasteiger charge is -2.17. The van der Waals surface area contributed by atoms with Gasteiger partial charge in [-0.1, -0.05) is 27.7 Å². The van der Waals surface area contributed by atoms with Crippen molar-refractivity contribution >= 4 is 18.0 Å². The van der Waals surface area contributed by atoms with E-state index >= 15 is 0 Å². The Morgan fingerprint density at radius 3 is 2.39 bits per heavy atom. The molecule has 1 aliphatic rings. The molecule has 1 unspecified atom stereocenters. The molecule has 0 N–H and O–H groups in total. The van der Waals surface area contributed by atoms with Crippen LogP contribution in [0.2, 0.25) is 0 Å². The minimum atomic E-state index is -0.324. The number of ketones is 1. The third kappa shape index (κ3) is 3.91. The second-order valence-corrected chi connectivity index (χ2v) is 5.19. The predicted octanol–water partition coefficient (Wildman–Crippen LogP) is 1.96. The van der Waals surface area contributed by atoms with Crippen molar-refractivity contribution in [2.45, 2.75) is 27.7 Å². The van der Waals surface area contributed by atoms with Gasteiger partial charge in [-0.2, -0.15) is 0 Å². The van der Waals surface area contributed by atoms with Crippen LogP contribution in [0.5, 0.6) is 0 Å². The van der Waals surface area contributed by atoms with Gasteiger partial charge in [-0.25, -0.2) is 9.79 Å². The van der Waals surface area contributed by atoms with E-state index in [0.29, 0.717) is 19.9 Å². The number of aliphatic imine (C=N–C) groups is 1. The number of hydrogen-bond acceptors (Lipinski definition) is 3. The van der Waals surface area contributed by atoms with Crippen molar-refractivity contribution in [2.75, 3.05) is 19.9 Å². The van der Waals surface area contributed by atoms with E-state index < -0.39 is 0 Å². The summed E-state index contributed by atoms with van der Waals surface area (Å²) < 4.78 is 5.08. The minimum absolute atomic E-state index is 0.0472. The van der Waals surface area contributed by atoms with E-state index in [9.17, 15) is 9.59 Å². The number of amides is 2. The van der Waals surface area contributed by atoms with Crippen molar-refractivity contribution < 1.29 is 14.3 Å². The lowest BCUT2D eigenvalue weighted by molar-refractivity contribution is -0.124. The zero-order valence-corrected chi connectivity index (χ0v) is 11.5. The standard InChI is InChI=1S/C13H22N2O3/c1-9(2)11(12(16)10(3)4)7-14-13(17)15-5-6-18-8-15/h7,9-11H,5-6,8H2,1-4H3/b14-7+. The zero-order valence-electron chi connectivity index (χ0n) is 11.5. The zero-order chi connectivity index (χ0) is 13.7. The first-order valence-electron chi connectivity index (χ1n) is 6.38. The Balaban J connectivity index is 2.65. The van der Waals surface area contributed by atoms with Crippen LogP contribution in [-0.2, 0) is 9.53 Å². The van der Waals surface area contributed by atoms with E-state index in [1.165, 1.54) is 11.1 Å². The summed E-state index contributed by atoms with van der Waals surface area (Å²) in [4.78, 5) is 29.1. The van der Waals surface area contributed by atoms with E-state index in [4.69, 9.17) is 4.74 Å². The maximum absolute atomic E-state index is 12.0. The molecule has 0 bridgehead atoms. The van der Waals surface area contributed by atoms with Gasteiger partial charge in [0.1, 0.15) is 12.5 Å². The number of Topliss-reactive ketones (excluding diaryl/α,β-unsaturated/α-hetero) is 1. The summed E-state index contributed by atoms with van der Waals surface area (Å²) in [6, 6.07) is -0.324. The summed E-state index contributed by atoms with van der Waals surface area (Å²) in [5.74, 6) is -0.0722. The number of carbonyl (C=O) groups is 2. The second kappa shape index (κ2) is 6.64. The average molecular weight is 254 g/mol. The molecule has 0 aromatic carbocycles. The molecule has 0 aromatic rings. The van der Waals surface area contributed by atoms with Crippen molar-refractivity contribution in [1.82, 2.24) is 4.90 Å². The fraction of sp³-hybridized carbons (Fsp3) is 0.769. The second-order valence-electron chi connectivity index (χ2n) is 5.19. The van der Waals surface area contributed by atoms with Crippen LogP contribution in [0.1, 0.15) is 27.7 Å². The summed E-state index contributed by atoms with van der Waals surface area (Å²) in [6.07, 6.45) is 1.49. The normalized spacial score (nSPS) is 18.0. The van der Waals surface area contributed by atoms with Gasteiger partial charge in [-0.05, 0) is 5.92 Å². The molecule has 1 saturated heterocycles. The number of nitrogens with zero attached hydrogens (tertiary/aromatic N) is 2. The van der Waals surface area contributed by atoms with Crippen LogP contribution < -0.4 is 0 Å². The van der Waals surface area contributed by atoms with Gasteiger partial charge in [0.05, 0.1) is 12.5 Å². The Hall–Kier alpha value is -1.23. The van der Waals surface area contributed by atoms with E-state index in [1.54, 1.807) is 0 Å².